The molecule has 8 nitrogen and oxygen atoms in total. The molecule has 1 heterocycles. The molecule has 0 fully saturated rings. The van der Waals surface area contributed by atoms with E-state index in [-0.39, 0.29) is 22.0 Å². The summed E-state index contributed by atoms with van der Waals surface area (Å²) in [6, 6.07) is 9.73. The molecule has 0 aromatic heterocycles. The zero-order valence-electron chi connectivity index (χ0n) is 15.7. The molecule has 1 N–H and O–H groups in total. The van der Waals surface area contributed by atoms with Crippen LogP contribution in [0.2, 0.25) is 0 Å². The Kier molecular flexibility index (Phi) is 5.28. The third kappa shape index (κ3) is 3.29. The lowest BCUT2D eigenvalue weighted by Crippen LogP contribution is -2.37. The Morgan fingerprint density at radius 2 is 1.75 bits per heavy atom. The van der Waals surface area contributed by atoms with Crippen LogP contribution < -0.4 is 14.8 Å². The fourth-order valence-corrected chi connectivity index (χ4v) is 4.55. The number of carbonyl (C=O) groups is 2. The van der Waals surface area contributed by atoms with Gasteiger partial charge in [0.05, 0.1) is 19.8 Å². The van der Waals surface area contributed by atoms with E-state index in [0.29, 0.717) is 16.4 Å². The van der Waals surface area contributed by atoms with Crippen LogP contribution in [0.3, 0.4) is 0 Å². The Morgan fingerprint density at radius 1 is 1.11 bits per heavy atom. The fourth-order valence-electron chi connectivity index (χ4n) is 3.03. The molecule has 0 saturated heterocycles. The molecule has 3 rings (SSSR count). The number of nitrogens with one attached hydrogen (secondary N) is 1. The Morgan fingerprint density at radius 3 is 2.39 bits per heavy atom. The third-order valence-corrected chi connectivity index (χ3v) is 6.24. The van der Waals surface area contributed by atoms with E-state index in [1.54, 1.807) is 12.1 Å². The van der Waals surface area contributed by atoms with Crippen LogP contribution in [-0.4, -0.2) is 45.3 Å². The van der Waals surface area contributed by atoms with E-state index in [4.69, 9.17) is 9.47 Å². The van der Waals surface area contributed by atoms with Crippen molar-refractivity contribution in [2.75, 3.05) is 26.1 Å². The molecule has 9 heteroatoms. The van der Waals surface area contributed by atoms with Crippen molar-refractivity contribution < 1.29 is 27.5 Å². The van der Waals surface area contributed by atoms with Gasteiger partial charge in [0.15, 0.2) is 11.5 Å². The molecule has 148 valence electrons. The number of nitrogens with zero attached hydrogens (tertiary/aromatic N) is 1. The minimum atomic E-state index is -4.17. The standard InChI is InChI=1S/C19H20N2O6S/c1-4-12-7-5-6-8-14(12)20-18(22)11-21-19(23)13-9-15(26-2)16(27-3)10-17(13)28(21,24)25/h5-10H,4,11H2,1-3H3,(H,20,22). The molecular weight excluding hydrogens is 384 g/mol. The van der Waals surface area contributed by atoms with Crippen LogP contribution in [0.1, 0.15) is 22.8 Å². The molecule has 0 aliphatic carbocycles. The summed E-state index contributed by atoms with van der Waals surface area (Å²) in [5, 5.41) is 2.67. The van der Waals surface area contributed by atoms with Crippen molar-refractivity contribution >= 4 is 27.5 Å². The van der Waals surface area contributed by atoms with Crippen LogP contribution in [0.15, 0.2) is 41.3 Å². The van der Waals surface area contributed by atoms with Crippen molar-refractivity contribution in [2.45, 2.75) is 18.2 Å². The summed E-state index contributed by atoms with van der Waals surface area (Å²) in [6.07, 6.45) is 0.697. The summed E-state index contributed by atoms with van der Waals surface area (Å²) in [6.45, 7) is 1.31. The number of methoxy groups -OCH3 is 2. The zero-order chi connectivity index (χ0) is 20.5. The van der Waals surface area contributed by atoms with Crippen molar-refractivity contribution in [1.29, 1.82) is 0 Å². The first kappa shape index (κ1) is 19.7. The van der Waals surface area contributed by atoms with Crippen molar-refractivity contribution in [1.82, 2.24) is 4.31 Å². The summed E-state index contributed by atoms with van der Waals surface area (Å²) in [7, 11) is -1.42. The van der Waals surface area contributed by atoms with Crippen molar-refractivity contribution in [2.24, 2.45) is 0 Å². The number of fused-ring (bicyclic) bond motifs is 1. The fraction of sp³-hybridized carbons (Fsp3) is 0.263. The van der Waals surface area contributed by atoms with Gasteiger partial charge in [0.25, 0.3) is 15.9 Å². The van der Waals surface area contributed by atoms with Crippen LogP contribution in [0.25, 0.3) is 0 Å². The Balaban J connectivity index is 1.89. The summed E-state index contributed by atoms with van der Waals surface area (Å²) in [5.74, 6) is -0.979. The van der Waals surface area contributed by atoms with E-state index in [0.717, 1.165) is 5.56 Å². The molecule has 0 unspecified atom stereocenters. The number of sulfonamides is 1. The average molecular weight is 404 g/mol. The molecule has 2 amide bonds. The monoisotopic (exact) mass is 404 g/mol. The lowest BCUT2D eigenvalue weighted by atomic mass is 10.1. The first-order valence-corrected chi connectivity index (χ1v) is 9.98. The van der Waals surface area contributed by atoms with E-state index < -0.39 is 28.4 Å². The Hall–Kier alpha value is -3.07. The second-order valence-corrected chi connectivity index (χ2v) is 7.91. The molecule has 2 aromatic carbocycles. The van der Waals surface area contributed by atoms with Gasteiger partial charge in [-0.15, -0.1) is 0 Å². The number of anilines is 1. The van der Waals surface area contributed by atoms with E-state index in [2.05, 4.69) is 5.32 Å². The summed E-state index contributed by atoms with van der Waals surface area (Å²) < 4.78 is 36.4. The lowest BCUT2D eigenvalue weighted by Gasteiger charge is -2.16. The van der Waals surface area contributed by atoms with E-state index in [9.17, 15) is 18.0 Å². The van der Waals surface area contributed by atoms with Gasteiger partial charge < -0.3 is 14.8 Å². The van der Waals surface area contributed by atoms with Gasteiger partial charge in [-0.25, -0.2) is 12.7 Å². The maximum absolute atomic E-state index is 12.8. The van der Waals surface area contributed by atoms with Gasteiger partial charge >= 0.3 is 0 Å². The molecule has 0 atom stereocenters. The van der Waals surface area contributed by atoms with E-state index in [1.165, 1.54) is 26.4 Å². The average Bonchev–Trinajstić information content (AvgIpc) is 2.87. The van der Waals surface area contributed by atoms with Crippen LogP contribution in [0.4, 0.5) is 5.69 Å². The zero-order valence-corrected chi connectivity index (χ0v) is 16.5. The lowest BCUT2D eigenvalue weighted by molar-refractivity contribution is -0.116. The minimum Gasteiger partial charge on any atom is -0.493 e. The van der Waals surface area contributed by atoms with Gasteiger partial charge in [-0.2, -0.15) is 0 Å². The Labute approximate surface area is 163 Å². The number of aryl methyl sites for hydroxylation is 1. The molecular formula is C19H20N2O6S. The molecule has 0 radical (unpaired) electrons. The van der Waals surface area contributed by atoms with Gasteiger partial charge in [-0.3, -0.25) is 9.59 Å². The molecule has 1 aliphatic rings. The van der Waals surface area contributed by atoms with Gasteiger partial charge in [0.2, 0.25) is 5.91 Å². The first-order valence-electron chi connectivity index (χ1n) is 8.54. The van der Waals surface area contributed by atoms with Crippen LogP contribution in [0, 0.1) is 0 Å². The second-order valence-electron chi connectivity index (χ2n) is 6.08. The number of hydrogen-bond donors (Lipinski definition) is 1. The highest BCUT2D eigenvalue weighted by Crippen LogP contribution is 2.38. The first-order chi connectivity index (χ1) is 13.3. The molecule has 28 heavy (non-hydrogen) atoms. The van der Waals surface area contributed by atoms with Gasteiger partial charge in [-0.05, 0) is 24.1 Å². The van der Waals surface area contributed by atoms with Gasteiger partial charge in [-0.1, -0.05) is 25.1 Å². The highest BCUT2D eigenvalue weighted by Gasteiger charge is 2.43. The van der Waals surface area contributed by atoms with E-state index >= 15 is 0 Å². The van der Waals surface area contributed by atoms with Crippen molar-refractivity contribution in [3.8, 4) is 11.5 Å². The largest absolute Gasteiger partial charge is 0.493 e. The highest BCUT2D eigenvalue weighted by molar-refractivity contribution is 7.90. The summed E-state index contributed by atoms with van der Waals surface area (Å²) >= 11 is 0. The number of rotatable bonds is 6. The number of hydrogen-bond acceptors (Lipinski definition) is 6. The van der Waals surface area contributed by atoms with Gasteiger partial charge in [0, 0.05) is 11.8 Å². The number of amides is 2. The van der Waals surface area contributed by atoms with Crippen LogP contribution in [0.5, 0.6) is 11.5 Å². The molecule has 0 bridgehead atoms. The van der Waals surface area contributed by atoms with Crippen molar-refractivity contribution in [3.63, 3.8) is 0 Å². The van der Waals surface area contributed by atoms with Gasteiger partial charge in [0.1, 0.15) is 11.4 Å². The molecule has 0 saturated carbocycles. The SMILES string of the molecule is CCc1ccccc1NC(=O)CN1C(=O)c2cc(OC)c(OC)cc2S1(=O)=O. The summed E-state index contributed by atoms with van der Waals surface area (Å²) in [4.78, 5) is 24.9. The van der Waals surface area contributed by atoms with Crippen molar-refractivity contribution in [3.05, 3.63) is 47.5 Å². The second kappa shape index (κ2) is 7.51. The maximum atomic E-state index is 12.8. The smallest absolute Gasteiger partial charge is 0.269 e. The normalized spacial score (nSPS) is 14.5. The van der Waals surface area contributed by atoms with E-state index in [1.807, 2.05) is 19.1 Å². The number of benzene rings is 2. The summed E-state index contributed by atoms with van der Waals surface area (Å²) in [5.41, 5.74) is 1.43. The quantitative estimate of drug-likeness (QED) is 0.791. The predicted molar refractivity (Wildman–Crippen MR) is 102 cm³/mol. The molecule has 1 aliphatic heterocycles. The van der Waals surface area contributed by atoms with Crippen LogP contribution >= 0.6 is 0 Å². The third-order valence-electron chi connectivity index (χ3n) is 4.47. The molecule has 2 aromatic rings. The number of ether oxygens (including phenoxy) is 2. The topological polar surface area (TPSA) is 102 Å². The molecule has 0 spiro atoms. The predicted octanol–water partition coefficient (Wildman–Crippen LogP) is 2.05. The number of para-hydroxylation sites is 1. The van der Waals surface area contributed by atoms with Crippen LogP contribution in [-0.2, 0) is 21.2 Å². The highest BCUT2D eigenvalue weighted by atomic mass is 32.2. The number of carbonyl (C=O) groups excluding carboxylic acids is 2. The Bertz CT molecular complexity index is 1050. The minimum absolute atomic E-state index is 0.0561. The maximum Gasteiger partial charge on any atom is 0.269 e.